The minimum absolute atomic E-state index is 0.0995. The molecule has 0 aromatic rings. The average Bonchev–Trinajstić information content (AvgIpc) is 1.89. The normalized spacial score (nSPS) is 36.7. The van der Waals surface area contributed by atoms with Gasteiger partial charge in [0.25, 0.3) is 0 Å². The van der Waals surface area contributed by atoms with Crippen LogP contribution < -0.4 is 0 Å². The maximum absolute atomic E-state index is 9.06. The van der Waals surface area contributed by atoms with E-state index in [4.69, 9.17) is 14.9 Å². The quantitative estimate of drug-likeness (QED) is 0.512. The number of ether oxygens (including phenoxy) is 1. The summed E-state index contributed by atoms with van der Waals surface area (Å²) in [5.74, 6) is 0. The maximum Gasteiger partial charge on any atom is 0.107 e. The minimum Gasteiger partial charge on any atom is -0.394 e. The SMILES string of the molecule is OC[C@@H]1O[CH]CC[C@@H]1O. The van der Waals surface area contributed by atoms with E-state index in [0.717, 1.165) is 6.42 Å². The summed E-state index contributed by atoms with van der Waals surface area (Å²) in [6.07, 6.45) is 0.599. The third-order valence-electron chi connectivity index (χ3n) is 1.46. The smallest absolute Gasteiger partial charge is 0.107 e. The summed E-state index contributed by atoms with van der Waals surface area (Å²) in [7, 11) is 0. The first-order chi connectivity index (χ1) is 4.34. The van der Waals surface area contributed by atoms with Gasteiger partial charge < -0.3 is 14.9 Å². The van der Waals surface area contributed by atoms with Crippen molar-refractivity contribution in [3.8, 4) is 0 Å². The molecule has 1 saturated heterocycles. The van der Waals surface area contributed by atoms with E-state index in [1.807, 2.05) is 0 Å². The van der Waals surface area contributed by atoms with Crippen LogP contribution in [-0.2, 0) is 4.74 Å². The highest BCUT2D eigenvalue weighted by Gasteiger charge is 2.22. The van der Waals surface area contributed by atoms with E-state index in [1.165, 1.54) is 0 Å². The molecule has 53 valence electrons. The fraction of sp³-hybridized carbons (Fsp3) is 0.833. The van der Waals surface area contributed by atoms with E-state index < -0.39 is 12.2 Å². The summed E-state index contributed by atoms with van der Waals surface area (Å²) < 4.78 is 4.91. The van der Waals surface area contributed by atoms with Crippen LogP contribution in [0.15, 0.2) is 0 Å². The Morgan fingerprint density at radius 2 is 2.44 bits per heavy atom. The molecule has 0 aromatic carbocycles. The highest BCUT2D eigenvalue weighted by molar-refractivity contribution is 4.76. The highest BCUT2D eigenvalue weighted by Crippen LogP contribution is 2.15. The van der Waals surface area contributed by atoms with Crippen molar-refractivity contribution in [2.45, 2.75) is 25.0 Å². The van der Waals surface area contributed by atoms with Crippen molar-refractivity contribution >= 4 is 0 Å². The van der Waals surface area contributed by atoms with Gasteiger partial charge in [-0.15, -0.1) is 0 Å². The van der Waals surface area contributed by atoms with E-state index in [1.54, 1.807) is 6.61 Å². The molecule has 0 bridgehead atoms. The molecule has 2 N–H and O–H groups in total. The first-order valence-electron chi connectivity index (χ1n) is 3.10. The van der Waals surface area contributed by atoms with Gasteiger partial charge in [0.15, 0.2) is 0 Å². The molecule has 0 aliphatic carbocycles. The Morgan fingerprint density at radius 3 is 2.89 bits per heavy atom. The predicted octanol–water partition coefficient (Wildman–Crippen LogP) is -0.320. The second-order valence-electron chi connectivity index (χ2n) is 2.17. The van der Waals surface area contributed by atoms with Crippen molar-refractivity contribution in [1.29, 1.82) is 0 Å². The molecule has 3 nitrogen and oxygen atoms in total. The lowest BCUT2D eigenvalue weighted by molar-refractivity contribution is -0.0672. The molecule has 1 rings (SSSR count). The molecule has 2 atom stereocenters. The highest BCUT2D eigenvalue weighted by atomic mass is 16.5. The van der Waals surface area contributed by atoms with E-state index in [9.17, 15) is 0 Å². The van der Waals surface area contributed by atoms with Gasteiger partial charge in [0, 0.05) is 0 Å². The topological polar surface area (TPSA) is 49.7 Å². The summed E-state index contributed by atoms with van der Waals surface area (Å²) in [6, 6.07) is 0. The number of hydrogen-bond donors (Lipinski definition) is 2. The zero-order chi connectivity index (χ0) is 6.69. The Bertz CT molecular complexity index is 84.4. The molecule has 1 aliphatic heterocycles. The van der Waals surface area contributed by atoms with E-state index in [-0.39, 0.29) is 6.61 Å². The summed E-state index contributed by atoms with van der Waals surface area (Å²) in [6.45, 7) is 1.53. The fourth-order valence-electron chi connectivity index (χ4n) is 0.872. The van der Waals surface area contributed by atoms with Gasteiger partial charge in [-0.3, -0.25) is 0 Å². The monoisotopic (exact) mass is 131 g/mol. The second-order valence-corrected chi connectivity index (χ2v) is 2.17. The summed E-state index contributed by atoms with van der Waals surface area (Å²) in [5.41, 5.74) is 0. The van der Waals surface area contributed by atoms with Crippen molar-refractivity contribution in [1.82, 2.24) is 0 Å². The van der Waals surface area contributed by atoms with Crippen LogP contribution in [0.1, 0.15) is 12.8 Å². The zero-order valence-corrected chi connectivity index (χ0v) is 5.16. The summed E-state index contributed by atoms with van der Waals surface area (Å²) in [5, 5.41) is 17.6. The van der Waals surface area contributed by atoms with Gasteiger partial charge in [0.05, 0.1) is 19.3 Å². The third kappa shape index (κ3) is 1.64. The van der Waals surface area contributed by atoms with Gasteiger partial charge >= 0.3 is 0 Å². The molecule has 0 amide bonds. The van der Waals surface area contributed by atoms with E-state index >= 15 is 0 Å². The van der Waals surface area contributed by atoms with Gasteiger partial charge in [-0.2, -0.15) is 0 Å². The Labute approximate surface area is 54.3 Å². The molecular formula is C6H11O3. The zero-order valence-electron chi connectivity index (χ0n) is 5.16. The summed E-state index contributed by atoms with van der Waals surface area (Å²) >= 11 is 0. The molecule has 1 radical (unpaired) electrons. The minimum atomic E-state index is -0.486. The lowest BCUT2D eigenvalue weighted by atomic mass is 10.1. The second kappa shape index (κ2) is 3.15. The van der Waals surface area contributed by atoms with Crippen LogP contribution in [0.25, 0.3) is 0 Å². The van der Waals surface area contributed by atoms with Crippen LogP contribution >= 0.6 is 0 Å². The number of rotatable bonds is 1. The van der Waals surface area contributed by atoms with Crippen molar-refractivity contribution < 1.29 is 14.9 Å². The molecule has 0 unspecified atom stereocenters. The lowest BCUT2D eigenvalue weighted by Crippen LogP contribution is -2.34. The van der Waals surface area contributed by atoms with Crippen molar-refractivity contribution in [3.05, 3.63) is 6.61 Å². The van der Waals surface area contributed by atoms with Crippen molar-refractivity contribution in [3.63, 3.8) is 0 Å². The third-order valence-corrected chi connectivity index (χ3v) is 1.46. The van der Waals surface area contributed by atoms with Gasteiger partial charge in [-0.05, 0) is 12.8 Å². The molecule has 3 heteroatoms. The van der Waals surface area contributed by atoms with Crippen molar-refractivity contribution in [2.75, 3.05) is 6.61 Å². The Hall–Kier alpha value is -0.120. The molecule has 0 aromatic heterocycles. The number of hydrogen-bond acceptors (Lipinski definition) is 3. The Balaban J connectivity index is 2.30. The standard InChI is InChI=1S/C6H11O3/c7-4-6-5(8)2-1-3-9-6/h3,5-8H,1-2,4H2/t5-,6-/m0/s1. The molecule has 1 fully saturated rings. The Kier molecular flexibility index (Phi) is 2.45. The average molecular weight is 131 g/mol. The van der Waals surface area contributed by atoms with Crippen LogP contribution in [0, 0.1) is 6.61 Å². The number of aliphatic hydroxyl groups is 2. The van der Waals surface area contributed by atoms with Gasteiger partial charge in [0.1, 0.15) is 6.10 Å². The molecule has 1 aliphatic rings. The molecule has 1 heterocycles. The summed E-state index contributed by atoms with van der Waals surface area (Å²) in [4.78, 5) is 0. The van der Waals surface area contributed by atoms with Crippen LogP contribution in [0.2, 0.25) is 0 Å². The molecule has 9 heavy (non-hydrogen) atoms. The van der Waals surface area contributed by atoms with Crippen LogP contribution in [-0.4, -0.2) is 29.0 Å². The lowest BCUT2D eigenvalue weighted by Gasteiger charge is -2.25. The van der Waals surface area contributed by atoms with Crippen LogP contribution in [0.5, 0.6) is 0 Å². The predicted molar refractivity (Wildman–Crippen MR) is 31.5 cm³/mol. The van der Waals surface area contributed by atoms with Crippen LogP contribution in [0.3, 0.4) is 0 Å². The first kappa shape index (κ1) is 6.99. The van der Waals surface area contributed by atoms with Gasteiger partial charge in [-0.1, -0.05) is 0 Å². The van der Waals surface area contributed by atoms with Crippen molar-refractivity contribution in [2.24, 2.45) is 0 Å². The van der Waals surface area contributed by atoms with Gasteiger partial charge in [0.2, 0.25) is 0 Å². The van der Waals surface area contributed by atoms with Crippen LogP contribution in [0.4, 0.5) is 0 Å². The molecule has 0 spiro atoms. The van der Waals surface area contributed by atoms with E-state index in [0.29, 0.717) is 6.42 Å². The van der Waals surface area contributed by atoms with Gasteiger partial charge in [-0.25, -0.2) is 0 Å². The Morgan fingerprint density at radius 1 is 1.67 bits per heavy atom. The fourth-order valence-corrected chi connectivity index (χ4v) is 0.872. The number of aliphatic hydroxyl groups excluding tert-OH is 2. The first-order valence-corrected chi connectivity index (χ1v) is 3.10. The molecule has 0 saturated carbocycles. The largest absolute Gasteiger partial charge is 0.394 e. The van der Waals surface area contributed by atoms with E-state index in [2.05, 4.69) is 0 Å². The molecular weight excluding hydrogens is 120 g/mol. The maximum atomic E-state index is 9.06.